The third kappa shape index (κ3) is 3.51. The van der Waals surface area contributed by atoms with Gasteiger partial charge in [-0.15, -0.1) is 0 Å². The van der Waals surface area contributed by atoms with Crippen molar-refractivity contribution in [3.05, 3.63) is 32.9 Å². The van der Waals surface area contributed by atoms with Crippen LogP contribution in [0.15, 0.2) is 18.2 Å². The molecule has 2 rings (SSSR count). The van der Waals surface area contributed by atoms with Gasteiger partial charge in [0.15, 0.2) is 0 Å². The van der Waals surface area contributed by atoms with Gasteiger partial charge in [-0.05, 0) is 59.9 Å². The monoisotopic (exact) mass is 382 g/mol. The number of halogens is 1. The van der Waals surface area contributed by atoms with Crippen LogP contribution in [0.5, 0.6) is 0 Å². The number of hydrogen-bond acceptors (Lipinski definition) is 2. The molecule has 1 atom stereocenters. The number of aryl methyl sites for hydroxylation is 1. The van der Waals surface area contributed by atoms with Crippen LogP contribution < -0.4 is 5.32 Å². The maximum atomic E-state index is 12.4. The van der Waals surface area contributed by atoms with Gasteiger partial charge in [0.1, 0.15) is 6.04 Å². The predicted molar refractivity (Wildman–Crippen MR) is 87.3 cm³/mol. The molecule has 1 fully saturated rings. The summed E-state index contributed by atoms with van der Waals surface area (Å²) in [5.41, 5.74) is 1.76. The summed E-state index contributed by atoms with van der Waals surface area (Å²) in [5, 5.41) is 12.2. The molecule has 0 heterocycles. The summed E-state index contributed by atoms with van der Waals surface area (Å²) in [5.74, 6) is 0.176. The molecule has 1 aromatic carbocycles. The summed E-state index contributed by atoms with van der Waals surface area (Å²) in [7, 11) is 0. The minimum Gasteiger partial charge on any atom is -0.336 e. The summed E-state index contributed by atoms with van der Waals surface area (Å²) in [6.45, 7) is 1.99. The minimum atomic E-state index is -0.362. The fraction of sp³-hybridized carbons (Fsp3) is 0.500. The van der Waals surface area contributed by atoms with Gasteiger partial charge >= 0.3 is 0 Å². The first kappa shape index (κ1) is 15.3. The van der Waals surface area contributed by atoms with Crippen LogP contribution in [-0.4, -0.2) is 11.9 Å². The maximum absolute atomic E-state index is 12.4. The molecule has 0 spiro atoms. The summed E-state index contributed by atoms with van der Waals surface area (Å²) in [4.78, 5) is 12.4. The van der Waals surface area contributed by atoms with E-state index in [4.69, 9.17) is 0 Å². The average Bonchev–Trinajstić information content (AvgIpc) is 2.48. The van der Waals surface area contributed by atoms with Gasteiger partial charge in [-0.1, -0.05) is 31.4 Å². The normalized spacial score (nSPS) is 17.2. The lowest BCUT2D eigenvalue weighted by molar-refractivity contribution is 0.0928. The number of rotatable bonds is 3. The van der Waals surface area contributed by atoms with Gasteiger partial charge < -0.3 is 5.32 Å². The Morgan fingerprint density at radius 1 is 1.40 bits per heavy atom. The Morgan fingerprint density at radius 3 is 2.75 bits per heavy atom. The van der Waals surface area contributed by atoms with Gasteiger partial charge in [0, 0.05) is 3.57 Å². The second kappa shape index (κ2) is 7.07. The zero-order valence-electron chi connectivity index (χ0n) is 11.7. The molecule has 1 N–H and O–H groups in total. The number of nitriles is 1. The van der Waals surface area contributed by atoms with Gasteiger partial charge in [0.25, 0.3) is 5.91 Å². The number of carbonyl (C=O) groups excluding carboxylic acids is 1. The van der Waals surface area contributed by atoms with Crippen LogP contribution in [0.4, 0.5) is 0 Å². The molecule has 3 nitrogen and oxygen atoms in total. The Morgan fingerprint density at radius 2 is 2.10 bits per heavy atom. The lowest BCUT2D eigenvalue weighted by Crippen LogP contribution is -2.40. The minimum absolute atomic E-state index is 0.129. The van der Waals surface area contributed by atoms with Crippen molar-refractivity contribution in [2.75, 3.05) is 0 Å². The topological polar surface area (TPSA) is 52.9 Å². The second-order valence-corrected chi connectivity index (χ2v) is 6.49. The number of hydrogen-bond donors (Lipinski definition) is 1. The van der Waals surface area contributed by atoms with Crippen LogP contribution >= 0.6 is 22.6 Å². The van der Waals surface area contributed by atoms with E-state index in [0.717, 1.165) is 22.0 Å². The largest absolute Gasteiger partial charge is 0.336 e. The molecular formula is C16H19IN2O. The summed E-state index contributed by atoms with van der Waals surface area (Å²) in [6.07, 6.45) is 5.67. The molecule has 0 bridgehead atoms. The third-order valence-corrected chi connectivity index (χ3v) is 5.42. The molecule has 1 aromatic rings. The zero-order valence-corrected chi connectivity index (χ0v) is 13.8. The number of nitrogens with one attached hydrogen (secondary N) is 1. The van der Waals surface area contributed by atoms with E-state index < -0.39 is 0 Å². The van der Waals surface area contributed by atoms with Crippen molar-refractivity contribution in [1.82, 2.24) is 5.32 Å². The van der Waals surface area contributed by atoms with E-state index in [1.54, 1.807) is 0 Å². The molecule has 1 unspecified atom stereocenters. The average molecular weight is 382 g/mol. The molecule has 0 radical (unpaired) electrons. The Labute approximate surface area is 133 Å². The Hall–Kier alpha value is -1.09. The van der Waals surface area contributed by atoms with E-state index in [1.165, 1.54) is 19.3 Å². The molecule has 1 amide bonds. The van der Waals surface area contributed by atoms with Gasteiger partial charge in [-0.3, -0.25) is 4.79 Å². The van der Waals surface area contributed by atoms with E-state index in [1.807, 2.05) is 25.1 Å². The Bertz CT molecular complexity index is 530. The van der Waals surface area contributed by atoms with Crippen molar-refractivity contribution in [1.29, 1.82) is 5.26 Å². The second-order valence-electron chi connectivity index (χ2n) is 5.41. The molecule has 1 aliphatic carbocycles. The smallest absolute Gasteiger partial charge is 0.253 e. The van der Waals surface area contributed by atoms with Crippen LogP contribution in [0.25, 0.3) is 0 Å². The highest BCUT2D eigenvalue weighted by atomic mass is 127. The molecule has 0 aliphatic heterocycles. The van der Waals surface area contributed by atoms with E-state index in [9.17, 15) is 10.1 Å². The molecule has 4 heteroatoms. The number of carbonyl (C=O) groups is 1. The van der Waals surface area contributed by atoms with E-state index >= 15 is 0 Å². The van der Waals surface area contributed by atoms with Crippen LogP contribution in [0.1, 0.15) is 48.0 Å². The Balaban J connectivity index is 2.09. The van der Waals surface area contributed by atoms with E-state index in [0.29, 0.717) is 11.5 Å². The van der Waals surface area contributed by atoms with Crippen molar-refractivity contribution in [3.8, 4) is 6.07 Å². The highest BCUT2D eigenvalue weighted by molar-refractivity contribution is 14.1. The SMILES string of the molecule is Cc1cccc(C(=O)NC(C#N)C2CCCCC2)c1I. The van der Waals surface area contributed by atoms with Crippen LogP contribution in [0.2, 0.25) is 0 Å². The van der Waals surface area contributed by atoms with Crippen LogP contribution in [-0.2, 0) is 0 Å². The molecule has 106 valence electrons. The Kier molecular flexibility index (Phi) is 5.41. The lowest BCUT2D eigenvalue weighted by Gasteiger charge is -2.26. The van der Waals surface area contributed by atoms with Crippen LogP contribution in [0, 0.1) is 27.7 Å². The number of nitrogens with zero attached hydrogens (tertiary/aromatic N) is 1. The summed E-state index contributed by atoms with van der Waals surface area (Å²) >= 11 is 2.19. The molecule has 20 heavy (non-hydrogen) atoms. The van der Waals surface area contributed by atoms with Crippen molar-refractivity contribution < 1.29 is 4.79 Å². The fourth-order valence-corrected chi connectivity index (χ4v) is 3.37. The standard InChI is InChI=1S/C16H19IN2O/c1-11-6-5-9-13(15(11)17)16(20)19-14(10-18)12-7-3-2-4-8-12/h5-6,9,12,14H,2-4,7-8H2,1H3,(H,19,20). The van der Waals surface area contributed by atoms with E-state index in [2.05, 4.69) is 34.0 Å². The predicted octanol–water partition coefficient (Wildman–Crippen LogP) is 3.80. The van der Waals surface area contributed by atoms with Crippen molar-refractivity contribution in [2.24, 2.45) is 5.92 Å². The number of benzene rings is 1. The maximum Gasteiger partial charge on any atom is 0.253 e. The first-order chi connectivity index (χ1) is 9.63. The van der Waals surface area contributed by atoms with Gasteiger partial charge in [0.2, 0.25) is 0 Å². The first-order valence-electron chi connectivity index (χ1n) is 7.09. The molecule has 1 saturated carbocycles. The van der Waals surface area contributed by atoms with Crippen molar-refractivity contribution >= 4 is 28.5 Å². The van der Waals surface area contributed by atoms with Crippen molar-refractivity contribution in [3.63, 3.8) is 0 Å². The first-order valence-corrected chi connectivity index (χ1v) is 8.17. The van der Waals surface area contributed by atoms with Crippen LogP contribution in [0.3, 0.4) is 0 Å². The van der Waals surface area contributed by atoms with Crippen molar-refractivity contribution in [2.45, 2.75) is 45.1 Å². The van der Waals surface area contributed by atoms with E-state index in [-0.39, 0.29) is 11.9 Å². The fourth-order valence-electron chi connectivity index (χ4n) is 2.76. The summed E-state index contributed by atoms with van der Waals surface area (Å²) in [6, 6.07) is 7.60. The molecular weight excluding hydrogens is 363 g/mol. The van der Waals surface area contributed by atoms with Gasteiger partial charge in [-0.2, -0.15) is 5.26 Å². The third-order valence-electron chi connectivity index (χ3n) is 3.98. The highest BCUT2D eigenvalue weighted by Crippen LogP contribution is 2.26. The van der Waals surface area contributed by atoms with Gasteiger partial charge in [0.05, 0.1) is 11.6 Å². The zero-order chi connectivity index (χ0) is 14.5. The molecule has 0 saturated heterocycles. The molecule has 0 aromatic heterocycles. The molecule has 1 aliphatic rings. The number of amides is 1. The quantitative estimate of drug-likeness (QED) is 0.809. The summed E-state index contributed by atoms with van der Waals surface area (Å²) < 4.78 is 0.961. The highest BCUT2D eigenvalue weighted by Gasteiger charge is 2.25. The lowest BCUT2D eigenvalue weighted by atomic mass is 9.84. The van der Waals surface area contributed by atoms with Gasteiger partial charge in [-0.25, -0.2) is 0 Å².